The minimum absolute atomic E-state index is 0.000584. The molecule has 2 aromatic carbocycles. The fraction of sp³-hybridized carbons (Fsp3) is 0.250. The zero-order chi connectivity index (χ0) is 20.5. The molecule has 2 N–H and O–H groups in total. The largest absolute Gasteiger partial charge is 0.497 e. The predicted molar refractivity (Wildman–Crippen MR) is 122 cm³/mol. The number of anilines is 2. The number of nitrogens with zero attached hydrogens (tertiary/aromatic N) is 2. The summed E-state index contributed by atoms with van der Waals surface area (Å²) in [4.78, 5) is 13.2. The molecule has 152 valence electrons. The van der Waals surface area contributed by atoms with Gasteiger partial charge >= 0.3 is 0 Å². The van der Waals surface area contributed by atoms with E-state index in [4.69, 9.17) is 4.74 Å². The van der Waals surface area contributed by atoms with Crippen molar-refractivity contribution in [3.05, 3.63) is 54.1 Å². The number of hydrogen-bond acceptors (Lipinski definition) is 8. The van der Waals surface area contributed by atoms with Crippen LogP contribution in [0.1, 0.15) is 5.56 Å². The summed E-state index contributed by atoms with van der Waals surface area (Å²) >= 11 is 4.54. The Hall–Kier alpha value is -2.23. The molecule has 29 heavy (non-hydrogen) atoms. The summed E-state index contributed by atoms with van der Waals surface area (Å²) in [6.45, 7) is 2.71. The minimum Gasteiger partial charge on any atom is -0.497 e. The number of hydrogen-bond donors (Lipinski definition) is 2. The zero-order valence-electron chi connectivity index (χ0n) is 16.2. The third-order valence-corrected chi connectivity index (χ3v) is 6.77. The molecule has 9 heteroatoms. The molecule has 0 spiro atoms. The molecule has 0 fully saturated rings. The van der Waals surface area contributed by atoms with Crippen LogP contribution in [0.15, 0.2) is 57.8 Å². The van der Waals surface area contributed by atoms with Crippen LogP contribution in [0.2, 0.25) is 0 Å². The van der Waals surface area contributed by atoms with Gasteiger partial charge in [-0.3, -0.25) is 4.79 Å². The SMILES string of the molecule is COc1ccc(Nc2nnc(SCC(=O)NCCSc3ccc(C)cc3)s2)cc1. The lowest BCUT2D eigenvalue weighted by Crippen LogP contribution is -2.27. The van der Waals surface area contributed by atoms with Gasteiger partial charge in [0.1, 0.15) is 5.75 Å². The Morgan fingerprint density at radius 3 is 2.55 bits per heavy atom. The van der Waals surface area contributed by atoms with Crippen molar-refractivity contribution in [1.82, 2.24) is 15.5 Å². The van der Waals surface area contributed by atoms with Crippen molar-refractivity contribution in [2.75, 3.05) is 30.5 Å². The van der Waals surface area contributed by atoms with Crippen molar-refractivity contribution in [2.45, 2.75) is 16.2 Å². The molecule has 0 saturated heterocycles. The van der Waals surface area contributed by atoms with E-state index >= 15 is 0 Å². The molecule has 1 heterocycles. The number of benzene rings is 2. The fourth-order valence-corrected chi connectivity index (χ4v) is 4.66. The van der Waals surface area contributed by atoms with Crippen molar-refractivity contribution < 1.29 is 9.53 Å². The third-order valence-electron chi connectivity index (χ3n) is 3.79. The Kier molecular flexibility index (Phi) is 8.21. The molecule has 1 amide bonds. The van der Waals surface area contributed by atoms with Gasteiger partial charge in [-0.25, -0.2) is 0 Å². The topological polar surface area (TPSA) is 76.1 Å². The number of methoxy groups -OCH3 is 1. The van der Waals surface area contributed by atoms with Gasteiger partial charge in [-0.2, -0.15) is 0 Å². The fourth-order valence-electron chi connectivity index (χ4n) is 2.29. The molecule has 0 aliphatic rings. The Morgan fingerprint density at radius 2 is 1.83 bits per heavy atom. The molecule has 0 aliphatic carbocycles. The average Bonchev–Trinajstić information content (AvgIpc) is 3.19. The molecular formula is C20H22N4O2S3. The number of ether oxygens (including phenoxy) is 1. The third kappa shape index (κ3) is 7.26. The summed E-state index contributed by atoms with van der Waals surface area (Å²) in [5.41, 5.74) is 2.15. The van der Waals surface area contributed by atoms with Crippen LogP contribution in [0.4, 0.5) is 10.8 Å². The molecule has 3 aromatic rings. The van der Waals surface area contributed by atoms with Gasteiger partial charge in [0.25, 0.3) is 0 Å². The Bertz CT molecular complexity index is 914. The second kappa shape index (κ2) is 11.1. The lowest BCUT2D eigenvalue weighted by atomic mass is 10.2. The minimum atomic E-state index is -0.000584. The van der Waals surface area contributed by atoms with Crippen molar-refractivity contribution in [1.29, 1.82) is 0 Å². The number of carbonyl (C=O) groups excluding carboxylic acids is 1. The number of amides is 1. The van der Waals surface area contributed by atoms with Crippen LogP contribution in [0.5, 0.6) is 5.75 Å². The van der Waals surface area contributed by atoms with E-state index < -0.39 is 0 Å². The van der Waals surface area contributed by atoms with E-state index in [1.165, 1.54) is 33.6 Å². The second-order valence-corrected chi connectivity index (χ2v) is 9.40. The predicted octanol–water partition coefficient (Wildman–Crippen LogP) is 4.60. The highest BCUT2D eigenvalue weighted by Gasteiger charge is 2.08. The van der Waals surface area contributed by atoms with Gasteiger partial charge in [-0.1, -0.05) is 40.8 Å². The maximum absolute atomic E-state index is 12.0. The van der Waals surface area contributed by atoms with Gasteiger partial charge in [0.2, 0.25) is 11.0 Å². The first kappa shape index (κ1) is 21.5. The van der Waals surface area contributed by atoms with Gasteiger partial charge < -0.3 is 15.4 Å². The molecule has 3 rings (SSSR count). The van der Waals surface area contributed by atoms with Gasteiger partial charge in [-0.15, -0.1) is 22.0 Å². The number of thioether (sulfide) groups is 2. The highest BCUT2D eigenvalue weighted by Crippen LogP contribution is 2.28. The molecule has 0 unspecified atom stereocenters. The Balaban J connectivity index is 1.35. The van der Waals surface area contributed by atoms with Crippen LogP contribution in [-0.4, -0.2) is 41.3 Å². The first-order chi connectivity index (χ1) is 14.1. The van der Waals surface area contributed by atoms with E-state index in [9.17, 15) is 4.79 Å². The first-order valence-corrected chi connectivity index (χ1v) is 11.7. The van der Waals surface area contributed by atoms with E-state index in [2.05, 4.69) is 52.0 Å². The van der Waals surface area contributed by atoms with E-state index in [0.717, 1.165) is 21.5 Å². The summed E-state index contributed by atoms with van der Waals surface area (Å²) in [5.74, 6) is 1.97. The summed E-state index contributed by atoms with van der Waals surface area (Å²) in [5, 5.41) is 15.1. The Morgan fingerprint density at radius 1 is 1.07 bits per heavy atom. The summed E-state index contributed by atoms with van der Waals surface area (Å²) in [7, 11) is 1.63. The van der Waals surface area contributed by atoms with Gasteiger partial charge in [0.05, 0.1) is 12.9 Å². The summed E-state index contributed by atoms with van der Waals surface area (Å²) in [6.07, 6.45) is 0. The number of nitrogens with one attached hydrogen (secondary N) is 2. The molecule has 6 nitrogen and oxygen atoms in total. The maximum atomic E-state index is 12.0. The highest BCUT2D eigenvalue weighted by atomic mass is 32.2. The van der Waals surface area contributed by atoms with Crippen molar-refractivity contribution in [2.24, 2.45) is 0 Å². The summed E-state index contributed by atoms with van der Waals surface area (Å²) in [6, 6.07) is 16.0. The quantitative estimate of drug-likeness (QED) is 0.348. The van der Waals surface area contributed by atoms with Gasteiger partial charge in [-0.05, 0) is 43.3 Å². The van der Waals surface area contributed by atoms with Crippen LogP contribution >= 0.6 is 34.9 Å². The van der Waals surface area contributed by atoms with Crippen LogP contribution in [-0.2, 0) is 4.79 Å². The Labute approximate surface area is 182 Å². The van der Waals surface area contributed by atoms with Crippen molar-refractivity contribution in [3.8, 4) is 5.75 Å². The lowest BCUT2D eigenvalue weighted by molar-refractivity contribution is -0.118. The summed E-state index contributed by atoms with van der Waals surface area (Å²) < 4.78 is 5.90. The molecule has 0 atom stereocenters. The smallest absolute Gasteiger partial charge is 0.230 e. The van der Waals surface area contributed by atoms with E-state index in [1.54, 1.807) is 18.9 Å². The van der Waals surface area contributed by atoms with Crippen LogP contribution in [0, 0.1) is 6.92 Å². The lowest BCUT2D eigenvalue weighted by Gasteiger charge is -2.05. The van der Waals surface area contributed by atoms with Crippen LogP contribution < -0.4 is 15.4 Å². The maximum Gasteiger partial charge on any atom is 0.230 e. The van der Waals surface area contributed by atoms with Crippen LogP contribution in [0.3, 0.4) is 0 Å². The standard InChI is InChI=1S/C20H22N4O2S3/c1-14-3-9-17(10-4-14)27-12-11-21-18(25)13-28-20-24-23-19(29-20)22-15-5-7-16(26-2)8-6-15/h3-10H,11-13H2,1-2H3,(H,21,25)(H,22,23). The van der Waals surface area contributed by atoms with E-state index in [0.29, 0.717) is 17.4 Å². The molecular weight excluding hydrogens is 424 g/mol. The number of aryl methyl sites for hydroxylation is 1. The van der Waals surface area contributed by atoms with Crippen molar-refractivity contribution >= 4 is 51.6 Å². The molecule has 0 saturated carbocycles. The van der Waals surface area contributed by atoms with Crippen LogP contribution in [0.25, 0.3) is 0 Å². The highest BCUT2D eigenvalue weighted by molar-refractivity contribution is 8.01. The van der Waals surface area contributed by atoms with E-state index in [-0.39, 0.29) is 5.91 Å². The average molecular weight is 447 g/mol. The van der Waals surface area contributed by atoms with Gasteiger partial charge in [0.15, 0.2) is 4.34 Å². The number of carbonyl (C=O) groups is 1. The molecule has 1 aromatic heterocycles. The monoisotopic (exact) mass is 446 g/mol. The first-order valence-electron chi connectivity index (χ1n) is 8.96. The second-order valence-electron chi connectivity index (χ2n) is 6.03. The molecule has 0 aliphatic heterocycles. The zero-order valence-corrected chi connectivity index (χ0v) is 18.6. The molecule has 0 bridgehead atoms. The normalized spacial score (nSPS) is 10.6. The molecule has 0 radical (unpaired) electrons. The number of rotatable bonds is 10. The van der Waals surface area contributed by atoms with Gasteiger partial charge in [0, 0.05) is 22.9 Å². The number of aromatic nitrogens is 2. The van der Waals surface area contributed by atoms with Crippen molar-refractivity contribution in [3.63, 3.8) is 0 Å². The van der Waals surface area contributed by atoms with E-state index in [1.807, 2.05) is 24.3 Å².